The lowest BCUT2D eigenvalue weighted by molar-refractivity contribution is -0.305. The van der Waals surface area contributed by atoms with Crippen LogP contribution in [0.2, 0.25) is 5.02 Å². The zero-order chi connectivity index (χ0) is 22.7. The van der Waals surface area contributed by atoms with Gasteiger partial charge in [-0.2, -0.15) is 0 Å². The van der Waals surface area contributed by atoms with E-state index < -0.39 is 5.97 Å². The molecule has 3 heterocycles. The van der Waals surface area contributed by atoms with Crippen molar-refractivity contribution in [1.82, 2.24) is 15.0 Å². The fourth-order valence-electron chi connectivity index (χ4n) is 3.14. The number of nitrogens with one attached hydrogen (secondary N) is 3. The maximum absolute atomic E-state index is 12.1. The van der Waals surface area contributed by atoms with Crippen molar-refractivity contribution in [3.8, 4) is 11.3 Å². The van der Waals surface area contributed by atoms with E-state index in [4.69, 9.17) is 11.6 Å². The molecule has 0 atom stereocenters. The van der Waals surface area contributed by atoms with Crippen LogP contribution in [-0.2, 0) is 4.79 Å². The molecule has 0 saturated carbocycles. The number of thiazole rings is 1. The van der Waals surface area contributed by atoms with Crippen LogP contribution in [0.4, 0.5) is 10.8 Å². The van der Waals surface area contributed by atoms with E-state index in [-0.39, 0.29) is 12.0 Å². The number of H-pyrrole nitrogens is 2. The van der Waals surface area contributed by atoms with E-state index in [9.17, 15) is 14.7 Å². The lowest BCUT2D eigenvalue weighted by atomic mass is 10.1. The van der Waals surface area contributed by atoms with Gasteiger partial charge in [0.25, 0.3) is 5.56 Å². The van der Waals surface area contributed by atoms with Crippen LogP contribution in [0.25, 0.3) is 33.1 Å². The van der Waals surface area contributed by atoms with Gasteiger partial charge in [0, 0.05) is 39.4 Å². The van der Waals surface area contributed by atoms with Crippen LogP contribution in [-0.4, -0.2) is 20.9 Å². The molecule has 7 nitrogen and oxygen atoms in total. The van der Waals surface area contributed by atoms with Gasteiger partial charge < -0.3 is 25.2 Å². The van der Waals surface area contributed by atoms with Crippen LogP contribution in [0.5, 0.6) is 0 Å². The summed E-state index contributed by atoms with van der Waals surface area (Å²) in [5.41, 5.74) is 3.95. The molecule has 0 saturated heterocycles. The maximum atomic E-state index is 12.1. The smallest absolute Gasteiger partial charge is 0.272 e. The Hall–Kier alpha value is -3.62. The first-order valence-electron chi connectivity index (χ1n) is 9.76. The summed E-state index contributed by atoms with van der Waals surface area (Å²) in [6.45, 7) is 1.54. The average Bonchev–Trinajstić information content (AvgIpc) is 3.46. The second-order valence-corrected chi connectivity index (χ2v) is 8.11. The molecule has 162 valence electrons. The van der Waals surface area contributed by atoms with Crippen LogP contribution < -0.4 is 16.0 Å². The Morgan fingerprint density at radius 3 is 2.72 bits per heavy atom. The molecule has 32 heavy (non-hydrogen) atoms. The molecule has 0 amide bonds. The second-order valence-electron chi connectivity index (χ2n) is 6.85. The highest BCUT2D eigenvalue weighted by molar-refractivity contribution is 7.14. The highest BCUT2D eigenvalue weighted by Crippen LogP contribution is 2.32. The minimum atomic E-state index is -0.995. The fraction of sp³-hybridized carbons (Fsp3) is 0.0870. The fourth-order valence-corrected chi connectivity index (χ4v) is 4.06. The summed E-state index contributed by atoms with van der Waals surface area (Å²) in [7, 11) is 0. The number of carbonyl (C=O) groups is 1. The number of fused-ring (bicyclic) bond motifs is 3. The van der Waals surface area contributed by atoms with Crippen molar-refractivity contribution in [2.45, 2.75) is 13.3 Å². The summed E-state index contributed by atoms with van der Waals surface area (Å²) >= 11 is 7.72. The third kappa shape index (κ3) is 4.51. The third-order valence-electron chi connectivity index (χ3n) is 4.74. The second kappa shape index (κ2) is 9.25. The summed E-state index contributed by atoms with van der Waals surface area (Å²) in [6.07, 6.45) is 1.89. The molecule has 3 aromatic heterocycles. The van der Waals surface area contributed by atoms with Crippen molar-refractivity contribution in [2.24, 2.45) is 0 Å². The van der Waals surface area contributed by atoms with Crippen LogP contribution in [0.1, 0.15) is 13.3 Å². The number of aromatic nitrogens is 3. The summed E-state index contributed by atoms with van der Waals surface area (Å²) in [6, 6.07) is 15.4. The van der Waals surface area contributed by atoms with Crippen LogP contribution in [0.15, 0.2) is 64.9 Å². The number of nitrogens with zero attached hydrogens (tertiary/aromatic N) is 1. The molecular formula is C23H18ClN4O3S-. The van der Waals surface area contributed by atoms with Gasteiger partial charge in [-0.05, 0) is 36.8 Å². The van der Waals surface area contributed by atoms with E-state index in [1.807, 2.05) is 47.8 Å². The predicted octanol–water partition coefficient (Wildman–Crippen LogP) is 4.68. The maximum Gasteiger partial charge on any atom is 0.272 e. The Morgan fingerprint density at radius 1 is 1.19 bits per heavy atom. The lowest BCUT2D eigenvalue weighted by Gasteiger charge is -2.05. The molecule has 5 rings (SSSR count). The van der Waals surface area contributed by atoms with Gasteiger partial charge >= 0.3 is 0 Å². The van der Waals surface area contributed by atoms with Crippen LogP contribution in [0, 0.1) is 0 Å². The first-order valence-corrected chi connectivity index (χ1v) is 11.0. The molecule has 0 bridgehead atoms. The molecule has 0 spiro atoms. The van der Waals surface area contributed by atoms with Crippen molar-refractivity contribution < 1.29 is 9.90 Å². The molecule has 3 N–H and O–H groups in total. The minimum absolute atomic E-state index is 0.111. The minimum Gasteiger partial charge on any atom is -0.550 e. The van der Waals surface area contributed by atoms with E-state index >= 15 is 0 Å². The van der Waals surface area contributed by atoms with Crippen LogP contribution >= 0.6 is 22.9 Å². The normalized spacial score (nSPS) is 10.7. The molecule has 0 aliphatic carbocycles. The molecule has 0 aliphatic heterocycles. The lowest BCUT2D eigenvalue weighted by Crippen LogP contribution is -2.19. The Labute approximate surface area is 191 Å². The van der Waals surface area contributed by atoms with Gasteiger partial charge in [0.2, 0.25) is 0 Å². The topological polar surface area (TPSA) is 114 Å². The van der Waals surface area contributed by atoms with E-state index in [0.717, 1.165) is 38.4 Å². The number of aliphatic carboxylic acids is 1. The highest BCUT2D eigenvalue weighted by atomic mass is 35.5. The Balaban J connectivity index is 0.000000444. The number of para-hydroxylation sites is 1. The molecule has 0 aliphatic rings. The number of carboxylic acids is 1. The van der Waals surface area contributed by atoms with Crippen molar-refractivity contribution in [1.29, 1.82) is 0 Å². The van der Waals surface area contributed by atoms with E-state index in [2.05, 4.69) is 26.3 Å². The molecule has 0 unspecified atom stereocenters. The SMILES string of the molecule is CCC(=O)[O-].O=c1[nH]c2ccc(-c3csc(Nc4ccccc4Cl)n3)cc2c2cc[nH]c12. The molecule has 2 aromatic carbocycles. The summed E-state index contributed by atoms with van der Waals surface area (Å²) in [5, 5.41) is 17.8. The number of carbonyl (C=O) groups excluding carboxylic acids is 1. The molecule has 0 fully saturated rings. The number of carboxylic acid groups (broad SMARTS) is 1. The zero-order valence-electron chi connectivity index (χ0n) is 16.9. The first kappa shape index (κ1) is 21.6. The van der Waals surface area contributed by atoms with Crippen molar-refractivity contribution >= 4 is 61.5 Å². The Kier molecular flexibility index (Phi) is 6.25. The number of pyridine rings is 1. The van der Waals surface area contributed by atoms with Gasteiger partial charge in [0.1, 0.15) is 5.52 Å². The van der Waals surface area contributed by atoms with Gasteiger partial charge in [0.15, 0.2) is 5.13 Å². The molecular weight excluding hydrogens is 448 g/mol. The van der Waals surface area contributed by atoms with Crippen molar-refractivity contribution in [2.75, 3.05) is 5.32 Å². The number of rotatable bonds is 4. The van der Waals surface area contributed by atoms with Gasteiger partial charge in [-0.25, -0.2) is 4.98 Å². The number of halogens is 1. The molecule has 9 heteroatoms. The van der Waals surface area contributed by atoms with Gasteiger partial charge in [0.05, 0.1) is 16.4 Å². The van der Waals surface area contributed by atoms with E-state index in [1.165, 1.54) is 18.3 Å². The van der Waals surface area contributed by atoms with Crippen LogP contribution in [0.3, 0.4) is 0 Å². The first-order chi connectivity index (χ1) is 15.5. The Morgan fingerprint density at radius 2 is 1.97 bits per heavy atom. The predicted molar refractivity (Wildman–Crippen MR) is 128 cm³/mol. The number of hydrogen-bond acceptors (Lipinski definition) is 6. The van der Waals surface area contributed by atoms with E-state index in [1.54, 1.807) is 6.20 Å². The summed E-state index contributed by atoms with van der Waals surface area (Å²) < 4.78 is 0. The summed E-state index contributed by atoms with van der Waals surface area (Å²) in [5.74, 6) is -0.995. The number of hydrogen-bond donors (Lipinski definition) is 3. The average molecular weight is 466 g/mol. The summed E-state index contributed by atoms with van der Waals surface area (Å²) in [4.78, 5) is 31.9. The quantitative estimate of drug-likeness (QED) is 0.356. The molecule has 0 radical (unpaired) electrons. The largest absolute Gasteiger partial charge is 0.550 e. The van der Waals surface area contributed by atoms with Crippen molar-refractivity contribution in [3.05, 3.63) is 75.5 Å². The number of benzene rings is 2. The van der Waals surface area contributed by atoms with Gasteiger partial charge in [-0.1, -0.05) is 36.7 Å². The van der Waals surface area contributed by atoms with E-state index in [0.29, 0.717) is 10.5 Å². The Bertz CT molecular complexity index is 1470. The number of aromatic amines is 2. The van der Waals surface area contributed by atoms with Crippen molar-refractivity contribution in [3.63, 3.8) is 0 Å². The van der Waals surface area contributed by atoms with Gasteiger partial charge in [-0.15, -0.1) is 11.3 Å². The van der Waals surface area contributed by atoms with Gasteiger partial charge in [-0.3, -0.25) is 4.79 Å². The monoisotopic (exact) mass is 465 g/mol. The number of anilines is 2. The standard InChI is InChI=1S/C20H13ClN4OS.C3H6O2/c21-14-3-1-2-4-16(14)24-20-25-17(10-27-20)11-5-6-15-13(9-11)12-7-8-22-18(12)19(26)23-15;1-2-3(4)5/h1-10,22H,(H,23,26)(H,24,25);2H2,1H3,(H,4,5)/p-1. The molecule has 5 aromatic rings. The zero-order valence-corrected chi connectivity index (χ0v) is 18.5. The third-order valence-corrected chi connectivity index (χ3v) is 5.82. The highest BCUT2D eigenvalue weighted by Gasteiger charge is 2.10.